The number of amides is 1. The minimum atomic E-state index is -0.838. The summed E-state index contributed by atoms with van der Waals surface area (Å²) in [6, 6.07) is 5.21. The lowest BCUT2D eigenvalue weighted by Crippen LogP contribution is -2.23. The molecule has 22 heavy (non-hydrogen) atoms. The number of benzene rings is 1. The third kappa shape index (κ3) is 2.20. The molecule has 3 aromatic rings. The van der Waals surface area contributed by atoms with Gasteiger partial charge in [0.15, 0.2) is 0 Å². The Morgan fingerprint density at radius 3 is 2.95 bits per heavy atom. The van der Waals surface area contributed by atoms with Gasteiger partial charge in [0, 0.05) is 12.7 Å². The number of hydrogen-bond acceptors (Lipinski definition) is 4. The minimum absolute atomic E-state index is 0.176. The van der Waals surface area contributed by atoms with Gasteiger partial charge < -0.3 is 15.4 Å². The summed E-state index contributed by atoms with van der Waals surface area (Å²) in [6.45, 7) is 0. The topological polar surface area (TPSA) is 100 Å². The highest BCUT2D eigenvalue weighted by atomic mass is 19.1. The molecule has 3 rings (SSSR count). The van der Waals surface area contributed by atoms with E-state index in [1.165, 1.54) is 29.1 Å². The fourth-order valence-corrected chi connectivity index (χ4v) is 2.14. The van der Waals surface area contributed by atoms with Gasteiger partial charge in [0.05, 0.1) is 11.6 Å². The normalized spacial score (nSPS) is 10.8. The van der Waals surface area contributed by atoms with Gasteiger partial charge in [-0.1, -0.05) is 6.07 Å². The Labute approximate surface area is 123 Å². The molecule has 1 amide bonds. The summed E-state index contributed by atoms with van der Waals surface area (Å²) in [7, 11) is 1.59. The Morgan fingerprint density at radius 2 is 2.23 bits per heavy atom. The number of aromatic amines is 1. The van der Waals surface area contributed by atoms with Gasteiger partial charge in [-0.2, -0.15) is 5.10 Å². The molecule has 112 valence electrons. The van der Waals surface area contributed by atoms with Crippen molar-refractivity contribution in [2.24, 2.45) is 7.05 Å². The van der Waals surface area contributed by atoms with E-state index in [1.807, 2.05) is 0 Å². The summed E-state index contributed by atoms with van der Waals surface area (Å²) >= 11 is 0. The van der Waals surface area contributed by atoms with Crippen molar-refractivity contribution in [3.8, 4) is 5.75 Å². The SMILES string of the molecule is Cn1ncc2c(O)c(C(=O)Nc3cccc(F)c3)c(=O)[nH]c21. The zero-order valence-corrected chi connectivity index (χ0v) is 11.4. The fraction of sp³-hybridized carbons (Fsp3) is 0.0714. The second-order valence-electron chi connectivity index (χ2n) is 4.67. The van der Waals surface area contributed by atoms with Gasteiger partial charge in [-0.05, 0) is 18.2 Å². The number of hydrogen-bond donors (Lipinski definition) is 3. The molecule has 3 N–H and O–H groups in total. The highest BCUT2D eigenvalue weighted by Gasteiger charge is 2.21. The van der Waals surface area contributed by atoms with Crippen molar-refractivity contribution >= 4 is 22.6 Å². The molecule has 1 aromatic carbocycles. The molecular formula is C14H11FN4O3. The van der Waals surface area contributed by atoms with Crippen LogP contribution >= 0.6 is 0 Å². The van der Waals surface area contributed by atoms with E-state index in [2.05, 4.69) is 15.4 Å². The number of aromatic hydroxyl groups is 1. The van der Waals surface area contributed by atoms with Crippen molar-refractivity contribution in [1.82, 2.24) is 14.8 Å². The van der Waals surface area contributed by atoms with Gasteiger partial charge in [0.25, 0.3) is 11.5 Å². The van der Waals surface area contributed by atoms with Gasteiger partial charge in [0.1, 0.15) is 22.8 Å². The third-order valence-electron chi connectivity index (χ3n) is 3.20. The van der Waals surface area contributed by atoms with Gasteiger partial charge in [-0.25, -0.2) is 4.39 Å². The summed E-state index contributed by atoms with van der Waals surface area (Å²) in [5.74, 6) is -1.84. The molecule has 0 aliphatic rings. The molecule has 0 saturated heterocycles. The smallest absolute Gasteiger partial charge is 0.266 e. The number of carbonyl (C=O) groups is 1. The monoisotopic (exact) mass is 302 g/mol. The number of halogens is 1. The predicted octanol–water partition coefficient (Wildman–Crippen LogP) is 1.36. The number of rotatable bonds is 2. The molecule has 0 bridgehead atoms. The van der Waals surface area contributed by atoms with Crippen molar-refractivity contribution in [2.75, 3.05) is 5.32 Å². The van der Waals surface area contributed by atoms with E-state index >= 15 is 0 Å². The number of pyridine rings is 1. The highest BCUT2D eigenvalue weighted by Crippen LogP contribution is 2.24. The molecular weight excluding hydrogens is 291 g/mol. The average Bonchev–Trinajstić information content (AvgIpc) is 2.80. The Morgan fingerprint density at radius 1 is 1.45 bits per heavy atom. The number of fused-ring (bicyclic) bond motifs is 1. The van der Waals surface area contributed by atoms with Gasteiger partial charge >= 0.3 is 0 Å². The van der Waals surface area contributed by atoms with Gasteiger partial charge in [0.2, 0.25) is 0 Å². The summed E-state index contributed by atoms with van der Waals surface area (Å²) in [5.41, 5.74) is -0.743. The van der Waals surface area contributed by atoms with Crippen LogP contribution in [0.4, 0.5) is 10.1 Å². The van der Waals surface area contributed by atoms with Crippen molar-refractivity contribution in [3.63, 3.8) is 0 Å². The lowest BCUT2D eigenvalue weighted by molar-refractivity contribution is 0.102. The molecule has 0 aliphatic heterocycles. The second-order valence-corrected chi connectivity index (χ2v) is 4.67. The van der Waals surface area contributed by atoms with Crippen LogP contribution in [0, 0.1) is 5.82 Å². The Balaban J connectivity index is 2.06. The number of aryl methyl sites for hydroxylation is 1. The van der Waals surface area contributed by atoms with Crippen LogP contribution < -0.4 is 10.9 Å². The largest absolute Gasteiger partial charge is 0.506 e. The third-order valence-corrected chi connectivity index (χ3v) is 3.20. The minimum Gasteiger partial charge on any atom is -0.506 e. The molecule has 0 atom stereocenters. The summed E-state index contributed by atoms with van der Waals surface area (Å²) in [4.78, 5) is 26.7. The predicted molar refractivity (Wildman–Crippen MR) is 77.4 cm³/mol. The highest BCUT2D eigenvalue weighted by molar-refractivity contribution is 6.08. The molecule has 0 spiro atoms. The molecule has 0 aliphatic carbocycles. The van der Waals surface area contributed by atoms with Crippen molar-refractivity contribution in [1.29, 1.82) is 0 Å². The zero-order chi connectivity index (χ0) is 15.9. The maximum Gasteiger partial charge on any atom is 0.266 e. The fourth-order valence-electron chi connectivity index (χ4n) is 2.14. The number of anilines is 1. The Hall–Kier alpha value is -3.16. The van der Waals surface area contributed by atoms with E-state index in [4.69, 9.17) is 0 Å². The van der Waals surface area contributed by atoms with Crippen LogP contribution in [0.2, 0.25) is 0 Å². The van der Waals surface area contributed by atoms with Crippen LogP contribution in [0.15, 0.2) is 35.3 Å². The van der Waals surface area contributed by atoms with E-state index in [0.29, 0.717) is 5.65 Å². The lowest BCUT2D eigenvalue weighted by atomic mass is 10.2. The standard InChI is InChI=1S/C14H11FN4O3/c1-19-12-9(6-16-19)11(20)10(14(22)18-12)13(21)17-8-4-2-3-7(15)5-8/h2-6H,1H3,(H,17,21)(H2,18,20,22). The van der Waals surface area contributed by atoms with E-state index in [0.717, 1.165) is 6.07 Å². The maximum atomic E-state index is 13.1. The van der Waals surface area contributed by atoms with Crippen molar-refractivity contribution < 1.29 is 14.3 Å². The molecule has 7 nitrogen and oxygen atoms in total. The van der Waals surface area contributed by atoms with Gasteiger partial charge in [-0.3, -0.25) is 14.3 Å². The number of aromatic nitrogens is 3. The molecule has 0 saturated carbocycles. The molecule has 2 heterocycles. The molecule has 2 aromatic heterocycles. The van der Waals surface area contributed by atoms with E-state index < -0.39 is 28.6 Å². The first kappa shape index (κ1) is 13.8. The van der Waals surface area contributed by atoms with Crippen molar-refractivity contribution in [2.45, 2.75) is 0 Å². The average molecular weight is 302 g/mol. The number of H-pyrrole nitrogens is 1. The number of nitrogens with zero attached hydrogens (tertiary/aromatic N) is 2. The van der Waals surface area contributed by atoms with E-state index in [1.54, 1.807) is 7.05 Å². The van der Waals surface area contributed by atoms with Crippen LogP contribution in [0.1, 0.15) is 10.4 Å². The van der Waals surface area contributed by atoms with Gasteiger partial charge in [-0.15, -0.1) is 0 Å². The maximum absolute atomic E-state index is 13.1. The van der Waals surface area contributed by atoms with Crippen LogP contribution in [-0.4, -0.2) is 25.8 Å². The number of nitrogens with one attached hydrogen (secondary N) is 2. The summed E-state index contributed by atoms with van der Waals surface area (Å²) < 4.78 is 14.5. The Bertz CT molecular complexity index is 945. The Kier molecular flexibility index (Phi) is 3.13. The lowest BCUT2D eigenvalue weighted by Gasteiger charge is -2.07. The molecule has 0 radical (unpaired) electrons. The van der Waals surface area contributed by atoms with Crippen LogP contribution in [-0.2, 0) is 7.05 Å². The summed E-state index contributed by atoms with van der Waals surface area (Å²) in [5, 5.41) is 16.6. The molecule has 0 fully saturated rings. The molecule has 8 heteroatoms. The molecule has 0 unspecified atom stereocenters. The van der Waals surface area contributed by atoms with Crippen molar-refractivity contribution in [3.05, 3.63) is 52.2 Å². The van der Waals surface area contributed by atoms with E-state index in [-0.39, 0.29) is 11.1 Å². The second kappa shape index (κ2) is 4.99. The van der Waals surface area contributed by atoms with Crippen LogP contribution in [0.3, 0.4) is 0 Å². The first-order valence-electron chi connectivity index (χ1n) is 6.31. The van der Waals surface area contributed by atoms with Crippen LogP contribution in [0.5, 0.6) is 5.75 Å². The first-order chi connectivity index (χ1) is 10.5. The summed E-state index contributed by atoms with van der Waals surface area (Å²) in [6.07, 6.45) is 1.33. The van der Waals surface area contributed by atoms with Crippen LogP contribution in [0.25, 0.3) is 11.0 Å². The van der Waals surface area contributed by atoms with E-state index in [9.17, 15) is 19.1 Å². The first-order valence-corrected chi connectivity index (χ1v) is 6.31. The zero-order valence-electron chi connectivity index (χ0n) is 11.4. The number of carbonyl (C=O) groups excluding carboxylic acids is 1. The quantitative estimate of drug-likeness (QED) is 0.665.